The van der Waals surface area contributed by atoms with Gasteiger partial charge in [-0.2, -0.15) is 0 Å². The molecule has 2 aliphatic rings. The van der Waals surface area contributed by atoms with E-state index in [0.29, 0.717) is 24.7 Å². The third-order valence-corrected chi connectivity index (χ3v) is 3.70. The van der Waals surface area contributed by atoms with Crippen molar-refractivity contribution >= 4 is 12.0 Å². The molecule has 1 N–H and O–H groups in total. The van der Waals surface area contributed by atoms with E-state index < -0.39 is 11.7 Å². The summed E-state index contributed by atoms with van der Waals surface area (Å²) in [7, 11) is 0. The van der Waals surface area contributed by atoms with Crippen LogP contribution in [0.3, 0.4) is 0 Å². The molecule has 0 aromatic carbocycles. The lowest BCUT2D eigenvalue weighted by molar-refractivity contribution is -0.135. The van der Waals surface area contributed by atoms with Gasteiger partial charge in [0, 0.05) is 0 Å². The average Bonchev–Trinajstić information content (AvgIpc) is 2.42. The third-order valence-electron chi connectivity index (χ3n) is 3.70. The zero-order valence-electron chi connectivity index (χ0n) is 9.21. The van der Waals surface area contributed by atoms with Crippen LogP contribution in [0.4, 0.5) is 4.79 Å². The highest BCUT2D eigenvalue weighted by molar-refractivity contribution is 6.02. The molecule has 0 aromatic rings. The fourth-order valence-corrected chi connectivity index (χ4v) is 2.56. The van der Waals surface area contributed by atoms with Gasteiger partial charge in [-0.15, -0.1) is 0 Å². The molecule has 0 atom stereocenters. The second-order valence-corrected chi connectivity index (χ2v) is 4.92. The Hall–Kier alpha value is -1.06. The Morgan fingerprint density at radius 3 is 2.33 bits per heavy atom. The van der Waals surface area contributed by atoms with Gasteiger partial charge in [-0.05, 0) is 37.5 Å². The number of alkyl carbamates (subject to hydrolysis) is 1. The SMILES string of the molecule is CC(C)[C@H]1CC[C@@]2(CC1)OC(=O)NC2=O. The van der Waals surface area contributed by atoms with Crippen molar-refractivity contribution in [2.75, 3.05) is 0 Å². The molecule has 2 amide bonds. The van der Waals surface area contributed by atoms with Gasteiger partial charge in [0.15, 0.2) is 5.60 Å². The molecular formula is C11H17NO3. The molecule has 4 heteroatoms. The van der Waals surface area contributed by atoms with E-state index in [4.69, 9.17) is 4.74 Å². The number of hydrogen-bond acceptors (Lipinski definition) is 3. The lowest BCUT2D eigenvalue weighted by atomic mass is 9.74. The Labute approximate surface area is 89.4 Å². The van der Waals surface area contributed by atoms with Crippen LogP contribution in [0.2, 0.25) is 0 Å². The summed E-state index contributed by atoms with van der Waals surface area (Å²) in [5.74, 6) is 1.06. The van der Waals surface area contributed by atoms with Crippen molar-refractivity contribution < 1.29 is 14.3 Å². The van der Waals surface area contributed by atoms with Crippen molar-refractivity contribution in [1.82, 2.24) is 5.32 Å². The Kier molecular flexibility index (Phi) is 2.44. The monoisotopic (exact) mass is 211 g/mol. The van der Waals surface area contributed by atoms with Gasteiger partial charge in [0.2, 0.25) is 0 Å². The highest BCUT2D eigenvalue weighted by Crippen LogP contribution is 2.39. The van der Waals surface area contributed by atoms with E-state index in [-0.39, 0.29) is 5.91 Å². The van der Waals surface area contributed by atoms with Gasteiger partial charge in [-0.1, -0.05) is 13.8 Å². The zero-order valence-corrected chi connectivity index (χ0v) is 9.21. The van der Waals surface area contributed by atoms with Crippen LogP contribution in [0.25, 0.3) is 0 Å². The van der Waals surface area contributed by atoms with E-state index in [0.717, 1.165) is 12.8 Å². The number of hydrogen-bond donors (Lipinski definition) is 1. The maximum Gasteiger partial charge on any atom is 0.415 e. The first kappa shape index (κ1) is 10.5. The van der Waals surface area contributed by atoms with E-state index in [1.54, 1.807) is 0 Å². The Bertz CT molecular complexity index is 290. The zero-order chi connectivity index (χ0) is 11.1. The summed E-state index contributed by atoms with van der Waals surface area (Å²) in [6.45, 7) is 4.40. The molecule has 2 rings (SSSR count). The smallest absolute Gasteiger partial charge is 0.415 e. The fraction of sp³-hybridized carbons (Fsp3) is 0.818. The van der Waals surface area contributed by atoms with Gasteiger partial charge >= 0.3 is 6.09 Å². The molecule has 84 valence electrons. The van der Waals surface area contributed by atoms with E-state index in [9.17, 15) is 9.59 Å². The van der Waals surface area contributed by atoms with Gasteiger partial charge in [-0.3, -0.25) is 10.1 Å². The fourth-order valence-electron chi connectivity index (χ4n) is 2.56. The molecule has 0 radical (unpaired) electrons. The molecule has 0 unspecified atom stereocenters. The number of amides is 2. The van der Waals surface area contributed by atoms with E-state index in [1.807, 2.05) is 0 Å². The number of nitrogens with one attached hydrogen (secondary N) is 1. The highest BCUT2D eigenvalue weighted by Gasteiger charge is 2.50. The Morgan fingerprint density at radius 1 is 1.33 bits per heavy atom. The topological polar surface area (TPSA) is 55.4 Å². The van der Waals surface area contributed by atoms with Crippen LogP contribution in [-0.2, 0) is 9.53 Å². The quantitative estimate of drug-likeness (QED) is 0.720. The summed E-state index contributed by atoms with van der Waals surface area (Å²) < 4.78 is 5.13. The maximum absolute atomic E-state index is 11.6. The molecule has 2 fully saturated rings. The first-order valence-corrected chi connectivity index (χ1v) is 5.58. The largest absolute Gasteiger partial charge is 0.432 e. The summed E-state index contributed by atoms with van der Waals surface area (Å²) in [5.41, 5.74) is -0.831. The number of carbonyl (C=O) groups is 2. The summed E-state index contributed by atoms with van der Waals surface area (Å²) in [4.78, 5) is 22.6. The Balaban J connectivity index is 2.03. The second-order valence-electron chi connectivity index (χ2n) is 4.92. The second kappa shape index (κ2) is 3.51. The molecule has 1 spiro atoms. The van der Waals surface area contributed by atoms with Crippen LogP contribution in [0.5, 0.6) is 0 Å². The van der Waals surface area contributed by atoms with E-state index >= 15 is 0 Å². The number of imide groups is 1. The van der Waals surface area contributed by atoms with Gasteiger partial charge < -0.3 is 4.74 Å². The van der Waals surface area contributed by atoms with Crippen molar-refractivity contribution in [3.63, 3.8) is 0 Å². The molecule has 1 heterocycles. The molecular weight excluding hydrogens is 194 g/mol. The van der Waals surface area contributed by atoms with Crippen molar-refractivity contribution in [1.29, 1.82) is 0 Å². The van der Waals surface area contributed by atoms with Gasteiger partial charge in [0.05, 0.1) is 0 Å². The van der Waals surface area contributed by atoms with Crippen LogP contribution in [0.1, 0.15) is 39.5 Å². The first-order valence-electron chi connectivity index (χ1n) is 5.58. The minimum Gasteiger partial charge on any atom is -0.432 e. The minimum atomic E-state index is -0.831. The average molecular weight is 211 g/mol. The van der Waals surface area contributed by atoms with Crippen LogP contribution in [-0.4, -0.2) is 17.6 Å². The van der Waals surface area contributed by atoms with Crippen molar-refractivity contribution in [2.45, 2.75) is 45.1 Å². The molecule has 0 aromatic heterocycles. The third kappa shape index (κ3) is 1.73. The summed E-state index contributed by atoms with van der Waals surface area (Å²) in [6, 6.07) is 0. The van der Waals surface area contributed by atoms with Crippen molar-refractivity contribution in [2.24, 2.45) is 11.8 Å². The molecule has 1 aliphatic heterocycles. The lowest BCUT2D eigenvalue weighted by Crippen LogP contribution is -2.43. The summed E-state index contributed by atoms with van der Waals surface area (Å²) >= 11 is 0. The minimum absolute atomic E-state index is 0.241. The number of rotatable bonds is 1. The van der Waals surface area contributed by atoms with Gasteiger partial charge in [0.1, 0.15) is 0 Å². The molecule has 15 heavy (non-hydrogen) atoms. The Morgan fingerprint density at radius 2 is 1.93 bits per heavy atom. The molecule has 4 nitrogen and oxygen atoms in total. The predicted octanol–water partition coefficient (Wildman–Crippen LogP) is 1.84. The normalized spacial score (nSPS) is 35.8. The number of ether oxygens (including phenoxy) is 1. The van der Waals surface area contributed by atoms with Crippen LogP contribution in [0.15, 0.2) is 0 Å². The summed E-state index contributed by atoms with van der Waals surface area (Å²) in [6.07, 6.45) is 2.71. The van der Waals surface area contributed by atoms with Crippen LogP contribution in [0, 0.1) is 11.8 Å². The maximum atomic E-state index is 11.6. The first-order chi connectivity index (χ1) is 7.03. The van der Waals surface area contributed by atoms with E-state index in [2.05, 4.69) is 19.2 Å². The van der Waals surface area contributed by atoms with Crippen LogP contribution >= 0.6 is 0 Å². The lowest BCUT2D eigenvalue weighted by Gasteiger charge is -2.34. The summed E-state index contributed by atoms with van der Waals surface area (Å²) in [5, 5.41) is 2.22. The van der Waals surface area contributed by atoms with Crippen molar-refractivity contribution in [3.8, 4) is 0 Å². The van der Waals surface area contributed by atoms with Crippen LogP contribution < -0.4 is 5.32 Å². The standard InChI is InChI=1S/C11H17NO3/c1-7(2)8-3-5-11(6-4-8)9(13)12-10(14)15-11/h7-8H,3-6H2,1-2H3,(H,12,13,14)/t8-,11-. The number of carbonyl (C=O) groups excluding carboxylic acids is 2. The molecule has 1 aliphatic carbocycles. The van der Waals surface area contributed by atoms with Gasteiger partial charge in [0.25, 0.3) is 5.91 Å². The predicted molar refractivity (Wildman–Crippen MR) is 54.2 cm³/mol. The van der Waals surface area contributed by atoms with E-state index in [1.165, 1.54) is 0 Å². The highest BCUT2D eigenvalue weighted by atomic mass is 16.6. The van der Waals surface area contributed by atoms with Gasteiger partial charge in [-0.25, -0.2) is 4.79 Å². The molecule has 1 saturated carbocycles. The molecule has 1 saturated heterocycles. The molecule has 0 bridgehead atoms. The van der Waals surface area contributed by atoms with Crippen molar-refractivity contribution in [3.05, 3.63) is 0 Å².